The molecule has 0 saturated carbocycles. The summed E-state index contributed by atoms with van der Waals surface area (Å²) in [5.74, 6) is 4.90. The molecule has 0 saturated heterocycles. The van der Waals surface area contributed by atoms with Crippen molar-refractivity contribution in [3.8, 4) is 0 Å². The molecule has 0 amide bonds. The molecule has 0 heterocycles. The van der Waals surface area contributed by atoms with E-state index < -0.39 is 0 Å². The van der Waals surface area contributed by atoms with Gasteiger partial charge in [-0.1, -0.05) is 95.2 Å². The first-order chi connectivity index (χ1) is 9.83. The molecule has 0 atom stereocenters. The SMILES string of the molecule is CCC=CCSSCC=CCC.CCCSSCCC. The molecular weight excluding hydrogens is 320 g/mol. The van der Waals surface area contributed by atoms with Crippen LogP contribution < -0.4 is 0 Å². The van der Waals surface area contributed by atoms with E-state index in [0.29, 0.717) is 0 Å². The summed E-state index contributed by atoms with van der Waals surface area (Å²) in [6.45, 7) is 8.77. The first-order valence-electron chi connectivity index (χ1n) is 7.62. The maximum absolute atomic E-state index is 2.24. The molecule has 0 spiro atoms. The topological polar surface area (TPSA) is 0 Å². The molecule has 0 aromatic heterocycles. The monoisotopic (exact) mass is 352 g/mol. The lowest BCUT2D eigenvalue weighted by atomic mass is 10.4. The molecule has 4 heteroatoms. The number of allylic oxidation sites excluding steroid dienone is 2. The predicted molar refractivity (Wildman–Crippen MR) is 109 cm³/mol. The van der Waals surface area contributed by atoms with E-state index in [2.05, 4.69) is 52.0 Å². The fraction of sp³-hybridized carbons (Fsp3) is 0.750. The fourth-order valence-electron chi connectivity index (χ4n) is 0.929. The van der Waals surface area contributed by atoms with Gasteiger partial charge in [0.15, 0.2) is 0 Å². The summed E-state index contributed by atoms with van der Waals surface area (Å²) in [7, 11) is 7.83. The summed E-state index contributed by atoms with van der Waals surface area (Å²) in [4.78, 5) is 0. The Balaban J connectivity index is 0. The third-order valence-electron chi connectivity index (χ3n) is 1.87. The Morgan fingerprint density at radius 3 is 1.25 bits per heavy atom. The zero-order valence-corrected chi connectivity index (χ0v) is 16.9. The van der Waals surface area contributed by atoms with Crippen molar-refractivity contribution in [1.29, 1.82) is 0 Å². The van der Waals surface area contributed by atoms with Crippen molar-refractivity contribution in [2.75, 3.05) is 23.0 Å². The molecule has 0 aliphatic carbocycles. The van der Waals surface area contributed by atoms with Gasteiger partial charge in [0.2, 0.25) is 0 Å². The van der Waals surface area contributed by atoms with Crippen LogP contribution >= 0.6 is 43.2 Å². The van der Waals surface area contributed by atoms with E-state index in [-0.39, 0.29) is 0 Å². The van der Waals surface area contributed by atoms with Crippen molar-refractivity contribution in [2.45, 2.75) is 53.4 Å². The van der Waals surface area contributed by atoms with Gasteiger partial charge in [0.1, 0.15) is 0 Å². The summed E-state index contributed by atoms with van der Waals surface area (Å²) >= 11 is 0. The lowest BCUT2D eigenvalue weighted by molar-refractivity contribution is 1.11. The second kappa shape index (κ2) is 24.9. The van der Waals surface area contributed by atoms with Crippen LogP contribution in [0.15, 0.2) is 24.3 Å². The third kappa shape index (κ3) is 27.3. The lowest BCUT2D eigenvalue weighted by Gasteiger charge is -1.93. The van der Waals surface area contributed by atoms with E-state index in [1.54, 1.807) is 0 Å². The molecule has 0 aliphatic rings. The van der Waals surface area contributed by atoms with E-state index in [1.807, 2.05) is 43.2 Å². The average Bonchev–Trinajstić information content (AvgIpc) is 2.47. The highest BCUT2D eigenvalue weighted by Crippen LogP contribution is 2.22. The molecule has 0 rings (SSSR count). The number of rotatable bonds is 12. The molecule has 0 bridgehead atoms. The van der Waals surface area contributed by atoms with E-state index >= 15 is 0 Å². The molecule has 0 nitrogen and oxygen atoms in total. The van der Waals surface area contributed by atoms with Crippen molar-refractivity contribution in [3.63, 3.8) is 0 Å². The summed E-state index contributed by atoms with van der Waals surface area (Å²) in [6, 6.07) is 0. The second-order valence-corrected chi connectivity index (χ2v) is 9.23. The molecule has 0 unspecified atom stereocenters. The molecule has 0 radical (unpaired) electrons. The highest BCUT2D eigenvalue weighted by Gasteiger charge is 1.84. The number of hydrogen-bond acceptors (Lipinski definition) is 4. The fourth-order valence-corrected chi connectivity index (χ4v) is 4.88. The summed E-state index contributed by atoms with van der Waals surface area (Å²) in [6.07, 6.45) is 13.8. The zero-order chi connectivity index (χ0) is 15.3. The van der Waals surface area contributed by atoms with Crippen molar-refractivity contribution in [2.24, 2.45) is 0 Å². The standard InChI is InChI=1S/C10H18S2.C6H14S2/c1-3-5-7-9-11-12-10-8-6-4-2;1-3-5-7-8-6-4-2/h5-8H,3-4,9-10H2,1-2H3;3-6H2,1-2H3. The van der Waals surface area contributed by atoms with Crippen LogP contribution in [0, 0.1) is 0 Å². The quantitative estimate of drug-likeness (QED) is 0.202. The Kier molecular flexibility index (Phi) is 28.8. The Morgan fingerprint density at radius 2 is 0.950 bits per heavy atom. The molecule has 0 fully saturated rings. The predicted octanol–water partition coefficient (Wildman–Crippen LogP) is 7.49. The largest absolute Gasteiger partial charge is 0.0942 e. The maximum atomic E-state index is 2.24. The summed E-state index contributed by atoms with van der Waals surface area (Å²) in [5, 5.41) is 0. The minimum Gasteiger partial charge on any atom is -0.0942 e. The van der Waals surface area contributed by atoms with Gasteiger partial charge in [0.25, 0.3) is 0 Å². The third-order valence-corrected chi connectivity index (χ3v) is 6.83. The van der Waals surface area contributed by atoms with Crippen LogP contribution in [0.4, 0.5) is 0 Å². The summed E-state index contributed by atoms with van der Waals surface area (Å²) in [5.41, 5.74) is 0. The van der Waals surface area contributed by atoms with E-state index in [9.17, 15) is 0 Å². The van der Waals surface area contributed by atoms with Gasteiger partial charge in [-0.25, -0.2) is 0 Å². The molecule has 120 valence electrons. The second-order valence-electron chi connectivity index (χ2n) is 3.97. The van der Waals surface area contributed by atoms with Crippen molar-refractivity contribution in [1.82, 2.24) is 0 Å². The van der Waals surface area contributed by atoms with E-state index in [0.717, 1.165) is 24.3 Å². The van der Waals surface area contributed by atoms with Crippen LogP contribution in [0.5, 0.6) is 0 Å². The van der Waals surface area contributed by atoms with Crippen LogP contribution in [0.3, 0.4) is 0 Å². The normalized spacial score (nSPS) is 11.0. The van der Waals surface area contributed by atoms with Crippen LogP contribution in [0.25, 0.3) is 0 Å². The minimum absolute atomic E-state index is 1.14. The van der Waals surface area contributed by atoms with Crippen LogP contribution in [0.1, 0.15) is 53.4 Å². The smallest absolute Gasteiger partial charge is 0.0217 e. The molecule has 0 aromatic rings. The van der Waals surface area contributed by atoms with Crippen molar-refractivity contribution >= 4 is 43.2 Å². The first kappa shape index (κ1) is 23.2. The average molecular weight is 353 g/mol. The lowest BCUT2D eigenvalue weighted by Crippen LogP contribution is -1.70. The maximum Gasteiger partial charge on any atom is 0.0217 e. The van der Waals surface area contributed by atoms with Gasteiger partial charge in [-0.2, -0.15) is 0 Å². The van der Waals surface area contributed by atoms with Crippen LogP contribution in [-0.2, 0) is 0 Å². The van der Waals surface area contributed by atoms with E-state index in [1.165, 1.54) is 24.3 Å². The first-order valence-corrected chi connectivity index (χ1v) is 12.6. The van der Waals surface area contributed by atoms with Crippen molar-refractivity contribution in [3.05, 3.63) is 24.3 Å². The van der Waals surface area contributed by atoms with Gasteiger partial charge >= 0.3 is 0 Å². The highest BCUT2D eigenvalue weighted by atomic mass is 33.1. The van der Waals surface area contributed by atoms with Gasteiger partial charge in [0, 0.05) is 23.0 Å². The van der Waals surface area contributed by atoms with E-state index in [4.69, 9.17) is 0 Å². The zero-order valence-electron chi connectivity index (χ0n) is 13.6. The van der Waals surface area contributed by atoms with Crippen molar-refractivity contribution < 1.29 is 0 Å². The molecule has 0 N–H and O–H groups in total. The Hall–Kier alpha value is 0.880. The van der Waals surface area contributed by atoms with Gasteiger partial charge in [-0.15, -0.1) is 0 Å². The van der Waals surface area contributed by atoms with Gasteiger partial charge in [-0.05, 0) is 25.7 Å². The molecule has 0 aromatic carbocycles. The van der Waals surface area contributed by atoms with Gasteiger partial charge in [-0.3, -0.25) is 0 Å². The molecule has 20 heavy (non-hydrogen) atoms. The molecular formula is C16H32S4. The Bertz CT molecular complexity index is 181. The van der Waals surface area contributed by atoms with Gasteiger partial charge < -0.3 is 0 Å². The Labute approximate surface area is 143 Å². The minimum atomic E-state index is 1.14. The molecule has 0 aliphatic heterocycles. The van der Waals surface area contributed by atoms with Crippen LogP contribution in [0.2, 0.25) is 0 Å². The number of hydrogen-bond donors (Lipinski definition) is 0. The Morgan fingerprint density at radius 1 is 0.550 bits per heavy atom. The van der Waals surface area contributed by atoms with Crippen LogP contribution in [-0.4, -0.2) is 23.0 Å². The van der Waals surface area contributed by atoms with Gasteiger partial charge in [0.05, 0.1) is 0 Å². The summed E-state index contributed by atoms with van der Waals surface area (Å²) < 4.78 is 0. The highest BCUT2D eigenvalue weighted by molar-refractivity contribution is 8.77.